The van der Waals surface area contributed by atoms with Crippen molar-refractivity contribution in [3.63, 3.8) is 0 Å². The number of halogens is 1. The minimum Gasteiger partial charge on any atom is -0.494 e. The van der Waals surface area contributed by atoms with Crippen molar-refractivity contribution in [2.45, 2.75) is 13.0 Å². The molecule has 94 valence electrons. The zero-order valence-corrected chi connectivity index (χ0v) is 11.9. The van der Waals surface area contributed by atoms with Gasteiger partial charge in [0, 0.05) is 10.0 Å². The predicted octanol–water partition coefficient (Wildman–Crippen LogP) is 3.90. The van der Waals surface area contributed by atoms with Crippen LogP contribution < -0.4 is 10.5 Å². The Morgan fingerprint density at radius 1 is 1.17 bits per heavy atom. The molecule has 0 aliphatic rings. The quantitative estimate of drug-likeness (QED) is 0.930. The first-order valence-electron chi connectivity index (χ1n) is 5.95. The van der Waals surface area contributed by atoms with Crippen molar-refractivity contribution >= 4 is 15.9 Å². The smallest absolute Gasteiger partial charge is 0.124 e. The molecule has 0 fully saturated rings. The second-order valence-electron chi connectivity index (χ2n) is 4.00. The minimum absolute atomic E-state index is 0.176. The summed E-state index contributed by atoms with van der Waals surface area (Å²) in [5.41, 5.74) is 8.39. The fourth-order valence-corrected chi connectivity index (χ4v) is 2.27. The maximum absolute atomic E-state index is 6.32. The number of benzene rings is 2. The van der Waals surface area contributed by atoms with Crippen LogP contribution in [0.4, 0.5) is 0 Å². The van der Waals surface area contributed by atoms with Gasteiger partial charge in [-0.2, -0.15) is 0 Å². The third-order valence-corrected chi connectivity index (χ3v) is 3.26. The van der Waals surface area contributed by atoms with E-state index in [1.807, 2.05) is 55.5 Å². The Bertz CT molecular complexity index is 513. The molecule has 0 heterocycles. The number of rotatable bonds is 4. The maximum atomic E-state index is 6.32. The van der Waals surface area contributed by atoms with Crippen LogP contribution in [-0.2, 0) is 0 Å². The molecule has 18 heavy (non-hydrogen) atoms. The Balaban J connectivity index is 2.40. The Hall–Kier alpha value is -1.32. The average molecular weight is 306 g/mol. The molecule has 2 nitrogen and oxygen atoms in total. The van der Waals surface area contributed by atoms with E-state index in [-0.39, 0.29) is 6.04 Å². The van der Waals surface area contributed by atoms with E-state index in [2.05, 4.69) is 15.9 Å². The van der Waals surface area contributed by atoms with Crippen LogP contribution >= 0.6 is 15.9 Å². The van der Waals surface area contributed by atoms with Crippen LogP contribution in [0.1, 0.15) is 24.1 Å². The Labute approximate surface area is 116 Å². The second-order valence-corrected chi connectivity index (χ2v) is 4.92. The van der Waals surface area contributed by atoms with Gasteiger partial charge in [-0.15, -0.1) is 0 Å². The van der Waals surface area contributed by atoms with Crippen molar-refractivity contribution in [2.75, 3.05) is 6.61 Å². The summed E-state index contributed by atoms with van der Waals surface area (Å²) in [5.74, 6) is 0.844. The standard InChI is InChI=1S/C15H16BrNO/c1-2-18-14-9-8-12(16)10-13(14)15(17)11-6-4-3-5-7-11/h3-10,15H,2,17H2,1H3. The highest BCUT2D eigenvalue weighted by Gasteiger charge is 2.14. The van der Waals surface area contributed by atoms with Gasteiger partial charge in [-0.25, -0.2) is 0 Å². The molecule has 0 radical (unpaired) electrons. The molecular weight excluding hydrogens is 290 g/mol. The summed E-state index contributed by atoms with van der Waals surface area (Å²) in [6.07, 6.45) is 0. The minimum atomic E-state index is -0.176. The zero-order valence-electron chi connectivity index (χ0n) is 10.3. The van der Waals surface area contributed by atoms with E-state index in [4.69, 9.17) is 10.5 Å². The normalized spacial score (nSPS) is 12.2. The molecule has 0 aromatic heterocycles. The van der Waals surface area contributed by atoms with Crippen molar-refractivity contribution in [3.8, 4) is 5.75 Å². The highest BCUT2D eigenvalue weighted by atomic mass is 79.9. The molecule has 2 aromatic rings. The maximum Gasteiger partial charge on any atom is 0.124 e. The van der Waals surface area contributed by atoms with Crippen molar-refractivity contribution in [2.24, 2.45) is 5.73 Å². The van der Waals surface area contributed by atoms with Crippen LogP contribution in [0.25, 0.3) is 0 Å². The molecule has 0 saturated carbocycles. The summed E-state index contributed by atoms with van der Waals surface area (Å²) >= 11 is 3.48. The lowest BCUT2D eigenvalue weighted by Crippen LogP contribution is -2.13. The van der Waals surface area contributed by atoms with E-state index in [0.29, 0.717) is 6.61 Å². The molecule has 0 spiro atoms. The van der Waals surface area contributed by atoms with Gasteiger partial charge in [0.05, 0.1) is 12.6 Å². The lowest BCUT2D eigenvalue weighted by molar-refractivity contribution is 0.335. The number of hydrogen-bond acceptors (Lipinski definition) is 2. The molecule has 3 heteroatoms. The predicted molar refractivity (Wildman–Crippen MR) is 77.8 cm³/mol. The van der Waals surface area contributed by atoms with Crippen LogP contribution in [0.3, 0.4) is 0 Å². The van der Waals surface area contributed by atoms with E-state index in [1.54, 1.807) is 0 Å². The molecule has 2 rings (SSSR count). The van der Waals surface area contributed by atoms with Crippen molar-refractivity contribution < 1.29 is 4.74 Å². The van der Waals surface area contributed by atoms with E-state index in [0.717, 1.165) is 21.3 Å². The fourth-order valence-electron chi connectivity index (χ4n) is 1.89. The summed E-state index contributed by atoms with van der Waals surface area (Å²) in [6.45, 7) is 2.61. The van der Waals surface area contributed by atoms with Gasteiger partial charge in [-0.3, -0.25) is 0 Å². The van der Waals surface area contributed by atoms with Crippen molar-refractivity contribution in [3.05, 3.63) is 64.1 Å². The molecule has 0 saturated heterocycles. The molecule has 2 N–H and O–H groups in total. The summed E-state index contributed by atoms with van der Waals surface area (Å²) < 4.78 is 6.64. The summed E-state index contributed by atoms with van der Waals surface area (Å²) in [6, 6.07) is 15.8. The Kier molecular flexibility index (Phi) is 4.39. The average Bonchev–Trinajstić information content (AvgIpc) is 2.41. The number of nitrogens with two attached hydrogens (primary N) is 1. The molecule has 1 unspecified atom stereocenters. The van der Waals surface area contributed by atoms with Gasteiger partial charge in [0.1, 0.15) is 5.75 Å². The lowest BCUT2D eigenvalue weighted by atomic mass is 9.99. The van der Waals surface area contributed by atoms with E-state index in [1.165, 1.54) is 0 Å². The van der Waals surface area contributed by atoms with Crippen LogP contribution in [0.15, 0.2) is 53.0 Å². The third kappa shape index (κ3) is 2.92. The Morgan fingerprint density at radius 3 is 2.56 bits per heavy atom. The van der Waals surface area contributed by atoms with Crippen LogP contribution in [0.5, 0.6) is 5.75 Å². The van der Waals surface area contributed by atoms with Gasteiger partial charge in [-0.05, 0) is 30.7 Å². The molecule has 0 bridgehead atoms. The van der Waals surface area contributed by atoms with E-state index in [9.17, 15) is 0 Å². The van der Waals surface area contributed by atoms with Crippen molar-refractivity contribution in [1.82, 2.24) is 0 Å². The molecule has 2 aromatic carbocycles. The van der Waals surface area contributed by atoms with Gasteiger partial charge in [0.25, 0.3) is 0 Å². The first-order valence-corrected chi connectivity index (χ1v) is 6.74. The summed E-state index contributed by atoms with van der Waals surface area (Å²) in [5, 5.41) is 0. The second kappa shape index (κ2) is 6.03. The van der Waals surface area contributed by atoms with Gasteiger partial charge in [0.2, 0.25) is 0 Å². The molecule has 0 aliphatic carbocycles. The van der Waals surface area contributed by atoms with Crippen LogP contribution in [0.2, 0.25) is 0 Å². The third-order valence-electron chi connectivity index (χ3n) is 2.77. The highest BCUT2D eigenvalue weighted by molar-refractivity contribution is 9.10. The molecule has 0 amide bonds. The van der Waals surface area contributed by atoms with E-state index < -0.39 is 0 Å². The molecule has 1 atom stereocenters. The fraction of sp³-hybridized carbons (Fsp3) is 0.200. The first-order chi connectivity index (χ1) is 8.72. The number of ether oxygens (including phenoxy) is 1. The topological polar surface area (TPSA) is 35.2 Å². The van der Waals surface area contributed by atoms with Crippen LogP contribution in [-0.4, -0.2) is 6.61 Å². The lowest BCUT2D eigenvalue weighted by Gasteiger charge is -2.17. The molecular formula is C15H16BrNO. The van der Waals surface area contributed by atoms with Crippen LogP contribution in [0, 0.1) is 0 Å². The van der Waals surface area contributed by atoms with Gasteiger partial charge < -0.3 is 10.5 Å². The highest BCUT2D eigenvalue weighted by Crippen LogP contribution is 2.31. The van der Waals surface area contributed by atoms with Gasteiger partial charge in [0.15, 0.2) is 0 Å². The Morgan fingerprint density at radius 2 is 1.89 bits per heavy atom. The summed E-state index contributed by atoms with van der Waals surface area (Å²) in [4.78, 5) is 0. The monoisotopic (exact) mass is 305 g/mol. The van der Waals surface area contributed by atoms with Gasteiger partial charge >= 0.3 is 0 Å². The van der Waals surface area contributed by atoms with E-state index >= 15 is 0 Å². The largest absolute Gasteiger partial charge is 0.494 e. The zero-order chi connectivity index (χ0) is 13.0. The molecule has 0 aliphatic heterocycles. The van der Waals surface area contributed by atoms with Crippen molar-refractivity contribution in [1.29, 1.82) is 0 Å². The SMILES string of the molecule is CCOc1ccc(Br)cc1C(N)c1ccccc1. The number of hydrogen-bond donors (Lipinski definition) is 1. The van der Waals surface area contributed by atoms with Gasteiger partial charge in [-0.1, -0.05) is 46.3 Å². The summed E-state index contributed by atoms with van der Waals surface area (Å²) in [7, 11) is 0. The first kappa shape index (κ1) is 13.1.